The van der Waals surface area contributed by atoms with Crippen LogP contribution in [0.4, 0.5) is 0 Å². The van der Waals surface area contributed by atoms with E-state index in [0.717, 1.165) is 5.75 Å². The predicted octanol–water partition coefficient (Wildman–Crippen LogP) is 1.98. The Morgan fingerprint density at radius 3 is 2.58 bits per heavy atom. The van der Waals surface area contributed by atoms with Crippen LogP contribution >= 0.6 is 0 Å². The summed E-state index contributed by atoms with van der Waals surface area (Å²) >= 11 is 0. The van der Waals surface area contributed by atoms with Crippen molar-refractivity contribution in [1.29, 1.82) is 0 Å². The normalized spacial score (nSPS) is 12.6. The second-order valence-corrected chi connectivity index (χ2v) is 2.75. The Kier molecular flexibility index (Phi) is 3.11. The molecule has 1 unspecified atom stereocenters. The van der Waals surface area contributed by atoms with Crippen molar-refractivity contribution in [2.24, 2.45) is 0 Å². The van der Waals surface area contributed by atoms with Gasteiger partial charge in [0.25, 0.3) is 0 Å². The lowest BCUT2D eigenvalue weighted by Crippen LogP contribution is -2.13. The van der Waals surface area contributed by atoms with Gasteiger partial charge in [-0.15, -0.1) is 0 Å². The van der Waals surface area contributed by atoms with Gasteiger partial charge in [0.1, 0.15) is 5.75 Å². The van der Waals surface area contributed by atoms with Crippen LogP contribution in [0.2, 0.25) is 0 Å². The molecule has 0 saturated carbocycles. The Morgan fingerprint density at radius 2 is 2.00 bits per heavy atom. The first-order valence-electron chi connectivity index (χ1n) is 4.09. The first-order chi connectivity index (χ1) is 5.79. The maximum atomic E-state index is 5.23. The SMILES string of the molecule is CNC(C)c1ccccc1OC. The molecule has 2 nitrogen and oxygen atoms in total. The fraction of sp³-hybridized carbons (Fsp3) is 0.400. The van der Waals surface area contributed by atoms with Gasteiger partial charge in [-0.05, 0) is 20.0 Å². The van der Waals surface area contributed by atoms with Gasteiger partial charge in [0.2, 0.25) is 0 Å². The van der Waals surface area contributed by atoms with E-state index in [1.54, 1.807) is 7.11 Å². The number of nitrogens with one attached hydrogen (secondary N) is 1. The molecule has 0 aliphatic rings. The number of para-hydroxylation sites is 1. The highest BCUT2D eigenvalue weighted by Crippen LogP contribution is 2.23. The molecule has 1 N–H and O–H groups in total. The summed E-state index contributed by atoms with van der Waals surface area (Å²) in [7, 11) is 3.64. The molecule has 0 spiro atoms. The lowest BCUT2D eigenvalue weighted by molar-refractivity contribution is 0.404. The van der Waals surface area contributed by atoms with Gasteiger partial charge in [-0.3, -0.25) is 0 Å². The Balaban J connectivity index is 2.96. The smallest absolute Gasteiger partial charge is 0.123 e. The van der Waals surface area contributed by atoms with Gasteiger partial charge >= 0.3 is 0 Å². The molecule has 1 rings (SSSR count). The molecule has 1 aromatic rings. The molecule has 0 aliphatic carbocycles. The maximum absolute atomic E-state index is 5.23. The van der Waals surface area contributed by atoms with Gasteiger partial charge in [0, 0.05) is 11.6 Å². The molecule has 2 heteroatoms. The minimum Gasteiger partial charge on any atom is -0.496 e. The van der Waals surface area contributed by atoms with E-state index in [4.69, 9.17) is 4.74 Å². The van der Waals surface area contributed by atoms with Crippen molar-refractivity contribution >= 4 is 0 Å². The summed E-state index contributed by atoms with van der Waals surface area (Å²) in [5.41, 5.74) is 1.20. The molecule has 0 aromatic heterocycles. The van der Waals surface area contributed by atoms with Crippen molar-refractivity contribution in [1.82, 2.24) is 5.32 Å². The molecule has 0 fully saturated rings. The molecular weight excluding hydrogens is 150 g/mol. The van der Waals surface area contributed by atoms with E-state index in [1.165, 1.54) is 5.56 Å². The number of benzene rings is 1. The largest absolute Gasteiger partial charge is 0.496 e. The fourth-order valence-corrected chi connectivity index (χ4v) is 1.18. The summed E-state index contributed by atoms with van der Waals surface area (Å²) in [6.45, 7) is 2.11. The average Bonchev–Trinajstić information content (AvgIpc) is 2.16. The highest BCUT2D eigenvalue weighted by molar-refractivity contribution is 5.35. The third kappa shape index (κ3) is 1.77. The predicted molar refractivity (Wildman–Crippen MR) is 50.5 cm³/mol. The summed E-state index contributed by atoms with van der Waals surface area (Å²) < 4.78 is 5.23. The van der Waals surface area contributed by atoms with Crippen LogP contribution in [0, 0.1) is 0 Å². The molecule has 66 valence electrons. The number of ether oxygens (including phenoxy) is 1. The zero-order valence-corrected chi connectivity index (χ0v) is 7.79. The van der Waals surface area contributed by atoms with E-state index >= 15 is 0 Å². The van der Waals surface area contributed by atoms with Gasteiger partial charge in [0.05, 0.1) is 7.11 Å². The highest BCUT2D eigenvalue weighted by atomic mass is 16.5. The maximum Gasteiger partial charge on any atom is 0.123 e. The van der Waals surface area contributed by atoms with E-state index in [9.17, 15) is 0 Å². The zero-order valence-electron chi connectivity index (χ0n) is 7.79. The quantitative estimate of drug-likeness (QED) is 0.739. The van der Waals surface area contributed by atoms with Crippen LogP contribution in [-0.4, -0.2) is 14.2 Å². The van der Waals surface area contributed by atoms with Crippen LogP contribution in [0.5, 0.6) is 5.75 Å². The second kappa shape index (κ2) is 4.12. The molecule has 0 radical (unpaired) electrons. The summed E-state index contributed by atoms with van der Waals surface area (Å²) in [5.74, 6) is 0.944. The Labute approximate surface area is 73.6 Å². The lowest BCUT2D eigenvalue weighted by Gasteiger charge is -2.14. The van der Waals surface area contributed by atoms with Crippen molar-refractivity contribution < 1.29 is 4.74 Å². The van der Waals surface area contributed by atoms with Crippen molar-refractivity contribution in [3.63, 3.8) is 0 Å². The van der Waals surface area contributed by atoms with Gasteiger partial charge in [0.15, 0.2) is 0 Å². The Hall–Kier alpha value is -1.02. The molecule has 0 aliphatic heterocycles. The minimum atomic E-state index is 0.334. The summed E-state index contributed by atoms with van der Waals surface area (Å²) in [4.78, 5) is 0. The first kappa shape index (κ1) is 9.07. The van der Waals surface area contributed by atoms with Crippen LogP contribution in [-0.2, 0) is 0 Å². The molecule has 0 bridgehead atoms. The van der Waals surface area contributed by atoms with Crippen LogP contribution in [0.1, 0.15) is 18.5 Å². The monoisotopic (exact) mass is 165 g/mol. The number of methoxy groups -OCH3 is 1. The highest BCUT2D eigenvalue weighted by Gasteiger charge is 2.06. The summed E-state index contributed by atoms with van der Waals surface area (Å²) in [5, 5.41) is 3.18. The minimum absolute atomic E-state index is 0.334. The summed E-state index contributed by atoms with van der Waals surface area (Å²) in [6.07, 6.45) is 0. The first-order valence-corrected chi connectivity index (χ1v) is 4.09. The average molecular weight is 165 g/mol. The Bertz CT molecular complexity index is 247. The standard InChI is InChI=1S/C10H15NO/c1-8(11-2)9-6-4-5-7-10(9)12-3/h4-8,11H,1-3H3. The topological polar surface area (TPSA) is 21.3 Å². The molecular formula is C10H15NO. The van der Waals surface area contributed by atoms with E-state index < -0.39 is 0 Å². The second-order valence-electron chi connectivity index (χ2n) is 2.75. The van der Waals surface area contributed by atoms with Crippen molar-refractivity contribution in [2.75, 3.05) is 14.2 Å². The lowest BCUT2D eigenvalue weighted by atomic mass is 10.1. The van der Waals surface area contributed by atoms with E-state index in [2.05, 4.69) is 18.3 Å². The number of hydrogen-bond donors (Lipinski definition) is 1. The van der Waals surface area contributed by atoms with Crippen LogP contribution in [0.3, 0.4) is 0 Å². The van der Waals surface area contributed by atoms with Crippen LogP contribution < -0.4 is 10.1 Å². The van der Waals surface area contributed by atoms with E-state index in [0.29, 0.717) is 6.04 Å². The summed E-state index contributed by atoms with van der Waals surface area (Å²) in [6, 6.07) is 8.38. The van der Waals surface area contributed by atoms with E-state index in [-0.39, 0.29) is 0 Å². The molecule has 0 heterocycles. The molecule has 1 atom stereocenters. The Morgan fingerprint density at radius 1 is 1.33 bits per heavy atom. The zero-order chi connectivity index (χ0) is 8.97. The van der Waals surface area contributed by atoms with Crippen molar-refractivity contribution in [3.05, 3.63) is 29.8 Å². The third-order valence-corrected chi connectivity index (χ3v) is 2.04. The van der Waals surface area contributed by atoms with Crippen LogP contribution in [0.15, 0.2) is 24.3 Å². The number of rotatable bonds is 3. The molecule has 0 saturated heterocycles. The van der Waals surface area contributed by atoms with Crippen LogP contribution in [0.25, 0.3) is 0 Å². The van der Waals surface area contributed by atoms with Gasteiger partial charge in [-0.25, -0.2) is 0 Å². The molecule has 1 aromatic carbocycles. The van der Waals surface area contributed by atoms with Gasteiger partial charge in [-0.2, -0.15) is 0 Å². The van der Waals surface area contributed by atoms with Crippen molar-refractivity contribution in [2.45, 2.75) is 13.0 Å². The van der Waals surface area contributed by atoms with Gasteiger partial charge in [-0.1, -0.05) is 18.2 Å². The third-order valence-electron chi connectivity index (χ3n) is 2.04. The van der Waals surface area contributed by atoms with Gasteiger partial charge < -0.3 is 10.1 Å². The van der Waals surface area contributed by atoms with Crippen molar-refractivity contribution in [3.8, 4) is 5.75 Å². The van der Waals surface area contributed by atoms with E-state index in [1.807, 2.05) is 25.2 Å². The number of hydrogen-bond acceptors (Lipinski definition) is 2. The fourth-order valence-electron chi connectivity index (χ4n) is 1.18. The molecule has 12 heavy (non-hydrogen) atoms. The molecule has 0 amide bonds.